The first-order valence-corrected chi connectivity index (χ1v) is 9.35. The molecule has 0 aromatic heterocycles. The molecule has 0 unspecified atom stereocenters. The molecule has 0 saturated carbocycles. The second-order valence-electron chi connectivity index (χ2n) is 5.84. The molecule has 0 fully saturated rings. The van der Waals surface area contributed by atoms with Gasteiger partial charge >= 0.3 is 9.05 Å². The lowest BCUT2D eigenvalue weighted by Crippen LogP contribution is -2.56. The van der Waals surface area contributed by atoms with Crippen LogP contribution in [0.15, 0.2) is 30.8 Å². The molecule has 1 aromatic carbocycles. The zero-order valence-electron chi connectivity index (χ0n) is 14.5. The summed E-state index contributed by atoms with van der Waals surface area (Å²) in [5, 5.41) is 0. The van der Waals surface area contributed by atoms with Crippen molar-refractivity contribution in [2.24, 2.45) is 0 Å². The molecule has 0 aliphatic carbocycles. The molecule has 4 nitrogen and oxygen atoms in total. The summed E-state index contributed by atoms with van der Waals surface area (Å²) in [6.07, 6.45) is 1.54. The average molecular weight is 324 g/mol. The van der Waals surface area contributed by atoms with Crippen LogP contribution in [0.2, 0.25) is 0 Å². The summed E-state index contributed by atoms with van der Waals surface area (Å²) < 4.78 is 24.2. The third-order valence-corrected chi connectivity index (χ3v) is 5.26. The highest BCUT2D eigenvalue weighted by Gasteiger charge is 2.51. The van der Waals surface area contributed by atoms with E-state index in [0.717, 1.165) is 5.56 Å². The van der Waals surface area contributed by atoms with Gasteiger partial charge in [0.2, 0.25) is 0 Å². The molecule has 0 radical (unpaired) electrons. The van der Waals surface area contributed by atoms with Crippen LogP contribution in [0.25, 0.3) is 6.08 Å². The molecule has 22 heavy (non-hydrogen) atoms. The second kappa shape index (κ2) is 8.48. The first kappa shape index (κ1) is 18.9. The van der Waals surface area contributed by atoms with E-state index < -0.39 is 9.05 Å². The Bertz CT molecular complexity index is 445. The van der Waals surface area contributed by atoms with E-state index in [-0.39, 0.29) is 18.3 Å². The van der Waals surface area contributed by atoms with Gasteiger partial charge in [-0.05, 0) is 47.6 Å². The van der Waals surface area contributed by atoms with Crippen molar-refractivity contribution < 1.29 is 17.7 Å². The lowest BCUT2D eigenvalue weighted by Gasteiger charge is -2.33. The SMILES string of the molecule is C=Cc1ccccc1O[Si](OC(C)C)(OC(C)C)OC(C)C. The van der Waals surface area contributed by atoms with E-state index in [1.807, 2.05) is 65.8 Å². The number of hydrogen-bond donors (Lipinski definition) is 0. The van der Waals surface area contributed by atoms with Gasteiger partial charge in [0.1, 0.15) is 5.75 Å². The van der Waals surface area contributed by atoms with Crippen molar-refractivity contribution in [3.63, 3.8) is 0 Å². The summed E-state index contributed by atoms with van der Waals surface area (Å²) in [6, 6.07) is 7.64. The quantitative estimate of drug-likeness (QED) is 0.630. The zero-order valence-corrected chi connectivity index (χ0v) is 15.5. The number of benzene rings is 1. The van der Waals surface area contributed by atoms with Crippen molar-refractivity contribution in [3.8, 4) is 5.75 Å². The molecule has 0 heterocycles. The summed E-state index contributed by atoms with van der Waals surface area (Å²) in [5.74, 6) is 0.658. The molecule has 5 heteroatoms. The Hall–Kier alpha value is -1.14. The Kier molecular flexibility index (Phi) is 7.29. The molecule has 124 valence electrons. The van der Waals surface area contributed by atoms with Crippen molar-refractivity contribution in [2.45, 2.75) is 59.9 Å². The number of rotatable bonds is 9. The van der Waals surface area contributed by atoms with E-state index in [2.05, 4.69) is 6.58 Å². The number of hydrogen-bond acceptors (Lipinski definition) is 4. The molecule has 0 spiro atoms. The maximum absolute atomic E-state index is 6.16. The van der Waals surface area contributed by atoms with Crippen LogP contribution in [-0.4, -0.2) is 27.4 Å². The van der Waals surface area contributed by atoms with Crippen LogP contribution >= 0.6 is 0 Å². The highest BCUT2D eigenvalue weighted by Crippen LogP contribution is 2.26. The molecule has 1 aromatic rings. The smallest absolute Gasteiger partial charge is 0.479 e. The van der Waals surface area contributed by atoms with E-state index >= 15 is 0 Å². The fraction of sp³-hybridized carbons (Fsp3) is 0.529. The Morgan fingerprint density at radius 2 is 1.32 bits per heavy atom. The zero-order chi connectivity index (χ0) is 16.8. The highest BCUT2D eigenvalue weighted by atomic mass is 28.4. The maximum atomic E-state index is 6.16. The lowest BCUT2D eigenvalue weighted by molar-refractivity contribution is -0.0464. The van der Waals surface area contributed by atoms with Gasteiger partial charge in [-0.15, -0.1) is 0 Å². The molecule has 1 rings (SSSR count). The van der Waals surface area contributed by atoms with E-state index in [9.17, 15) is 0 Å². The fourth-order valence-electron chi connectivity index (χ4n) is 1.90. The van der Waals surface area contributed by atoms with Crippen LogP contribution in [0.5, 0.6) is 5.75 Å². The summed E-state index contributed by atoms with van der Waals surface area (Å²) in [7, 11) is -3.32. The molecule has 0 amide bonds. The van der Waals surface area contributed by atoms with E-state index in [1.165, 1.54) is 0 Å². The number of para-hydroxylation sites is 1. The van der Waals surface area contributed by atoms with Gasteiger partial charge in [-0.25, -0.2) is 0 Å². The van der Waals surface area contributed by atoms with Gasteiger partial charge in [-0.2, -0.15) is 0 Å². The molecule has 0 N–H and O–H groups in total. The van der Waals surface area contributed by atoms with E-state index in [0.29, 0.717) is 5.75 Å². The van der Waals surface area contributed by atoms with Gasteiger partial charge in [0.05, 0.1) is 0 Å². The van der Waals surface area contributed by atoms with Crippen LogP contribution in [-0.2, 0) is 13.3 Å². The minimum absolute atomic E-state index is 0.0694. The molecule has 0 bridgehead atoms. The van der Waals surface area contributed by atoms with Gasteiger partial charge in [-0.3, -0.25) is 0 Å². The standard InChI is InChI=1S/C17H28O4Si/c1-8-16-11-9-10-12-17(16)21-22(18-13(2)3,19-14(4)5)20-15(6)7/h8-15H,1H2,2-7H3. The molecule has 0 aliphatic heterocycles. The molecular weight excluding hydrogens is 296 g/mol. The van der Waals surface area contributed by atoms with Crippen LogP contribution in [0.4, 0.5) is 0 Å². The predicted molar refractivity (Wildman–Crippen MR) is 91.6 cm³/mol. The molecule has 0 aliphatic rings. The van der Waals surface area contributed by atoms with Gasteiger partial charge in [0.25, 0.3) is 0 Å². The third-order valence-electron chi connectivity index (χ3n) is 2.51. The first-order valence-electron chi connectivity index (χ1n) is 7.72. The Morgan fingerprint density at radius 3 is 1.73 bits per heavy atom. The minimum atomic E-state index is -3.32. The Labute approximate surface area is 135 Å². The van der Waals surface area contributed by atoms with Crippen molar-refractivity contribution in [1.82, 2.24) is 0 Å². The fourth-order valence-corrected chi connectivity index (χ4v) is 4.40. The lowest BCUT2D eigenvalue weighted by atomic mass is 10.2. The first-order chi connectivity index (χ1) is 10.3. The van der Waals surface area contributed by atoms with Crippen molar-refractivity contribution >= 4 is 15.1 Å². The van der Waals surface area contributed by atoms with E-state index in [4.69, 9.17) is 17.7 Å². The summed E-state index contributed by atoms with van der Waals surface area (Å²) >= 11 is 0. The van der Waals surface area contributed by atoms with Crippen molar-refractivity contribution in [2.75, 3.05) is 0 Å². The highest BCUT2D eigenvalue weighted by molar-refractivity contribution is 6.54. The Balaban J connectivity index is 3.17. The topological polar surface area (TPSA) is 36.9 Å². The van der Waals surface area contributed by atoms with Crippen LogP contribution < -0.4 is 4.43 Å². The molecular formula is C17H28O4Si. The largest absolute Gasteiger partial charge is 0.750 e. The normalized spacial score (nSPS) is 12.2. The maximum Gasteiger partial charge on any atom is 0.750 e. The van der Waals surface area contributed by atoms with Gasteiger partial charge in [-0.1, -0.05) is 30.9 Å². The van der Waals surface area contributed by atoms with Gasteiger partial charge < -0.3 is 17.7 Å². The predicted octanol–water partition coefficient (Wildman–Crippen LogP) is 4.42. The monoisotopic (exact) mass is 324 g/mol. The molecule has 0 atom stereocenters. The second-order valence-corrected chi connectivity index (χ2v) is 7.76. The van der Waals surface area contributed by atoms with E-state index in [1.54, 1.807) is 6.08 Å². The Morgan fingerprint density at radius 1 is 0.864 bits per heavy atom. The van der Waals surface area contributed by atoms with Crippen LogP contribution in [0.1, 0.15) is 47.1 Å². The average Bonchev–Trinajstić information content (AvgIpc) is 2.36. The van der Waals surface area contributed by atoms with Crippen LogP contribution in [0, 0.1) is 0 Å². The summed E-state index contributed by atoms with van der Waals surface area (Å²) in [6.45, 7) is 15.5. The molecule has 0 saturated heterocycles. The minimum Gasteiger partial charge on any atom is -0.479 e. The van der Waals surface area contributed by atoms with Crippen molar-refractivity contribution in [3.05, 3.63) is 36.4 Å². The van der Waals surface area contributed by atoms with Gasteiger partial charge in [0, 0.05) is 23.9 Å². The van der Waals surface area contributed by atoms with Crippen molar-refractivity contribution in [1.29, 1.82) is 0 Å². The van der Waals surface area contributed by atoms with Gasteiger partial charge in [0.15, 0.2) is 0 Å². The van der Waals surface area contributed by atoms with Crippen LogP contribution in [0.3, 0.4) is 0 Å². The summed E-state index contributed by atoms with van der Waals surface area (Å²) in [4.78, 5) is 0. The summed E-state index contributed by atoms with van der Waals surface area (Å²) in [5.41, 5.74) is 0.881. The third kappa shape index (κ3) is 5.92.